The SMILES string of the molecule is COc1ccc(-c2noc(CSc3nnc(-c4ccccc4Cl)n3Cc3ccccc3)n2)cc1. The van der Waals surface area contributed by atoms with Crippen LogP contribution in [-0.2, 0) is 12.3 Å². The fourth-order valence-electron chi connectivity index (χ4n) is 3.44. The average molecular weight is 490 g/mol. The lowest BCUT2D eigenvalue weighted by Crippen LogP contribution is -2.04. The summed E-state index contributed by atoms with van der Waals surface area (Å²) >= 11 is 7.95. The Morgan fingerprint density at radius 1 is 0.941 bits per heavy atom. The van der Waals surface area contributed by atoms with Crippen molar-refractivity contribution in [2.75, 3.05) is 7.11 Å². The molecule has 0 spiro atoms. The van der Waals surface area contributed by atoms with Crippen LogP contribution in [0.25, 0.3) is 22.8 Å². The Morgan fingerprint density at radius 3 is 2.47 bits per heavy atom. The van der Waals surface area contributed by atoms with Gasteiger partial charge in [0.15, 0.2) is 11.0 Å². The summed E-state index contributed by atoms with van der Waals surface area (Å²) in [6.45, 7) is 0.609. The first kappa shape index (κ1) is 22.2. The van der Waals surface area contributed by atoms with Gasteiger partial charge in [-0.15, -0.1) is 10.2 Å². The van der Waals surface area contributed by atoms with E-state index in [0.29, 0.717) is 34.9 Å². The number of benzene rings is 3. The fourth-order valence-corrected chi connectivity index (χ4v) is 4.44. The van der Waals surface area contributed by atoms with Crippen LogP contribution in [-0.4, -0.2) is 32.0 Å². The number of hydrogen-bond donors (Lipinski definition) is 0. The number of aromatic nitrogens is 5. The van der Waals surface area contributed by atoms with Gasteiger partial charge in [-0.1, -0.05) is 71.0 Å². The monoisotopic (exact) mass is 489 g/mol. The van der Waals surface area contributed by atoms with Gasteiger partial charge < -0.3 is 9.26 Å². The molecule has 5 rings (SSSR count). The largest absolute Gasteiger partial charge is 0.497 e. The summed E-state index contributed by atoms with van der Waals surface area (Å²) < 4.78 is 12.7. The lowest BCUT2D eigenvalue weighted by atomic mass is 10.2. The quantitative estimate of drug-likeness (QED) is 0.247. The van der Waals surface area contributed by atoms with Crippen molar-refractivity contribution in [3.8, 4) is 28.5 Å². The summed E-state index contributed by atoms with van der Waals surface area (Å²) in [5.74, 6) is 2.97. The third-order valence-electron chi connectivity index (χ3n) is 5.16. The van der Waals surface area contributed by atoms with Crippen molar-refractivity contribution >= 4 is 23.4 Å². The number of methoxy groups -OCH3 is 1. The standard InChI is InChI=1S/C25H20ClN5O2S/c1-32-19-13-11-18(12-14-19)23-27-22(33-30-23)16-34-25-29-28-24(20-9-5-6-10-21(20)26)31(25)15-17-7-3-2-4-8-17/h2-14H,15-16H2,1H3. The van der Waals surface area contributed by atoms with Crippen LogP contribution in [0.2, 0.25) is 5.02 Å². The Hall–Kier alpha value is -3.62. The molecule has 2 heterocycles. The van der Waals surface area contributed by atoms with E-state index < -0.39 is 0 Å². The molecular formula is C25H20ClN5O2S. The molecule has 3 aromatic carbocycles. The molecule has 7 nitrogen and oxygen atoms in total. The molecular weight excluding hydrogens is 470 g/mol. The minimum atomic E-state index is 0.457. The van der Waals surface area contributed by atoms with E-state index in [1.54, 1.807) is 7.11 Å². The molecule has 0 aliphatic carbocycles. The molecule has 0 atom stereocenters. The molecule has 0 radical (unpaired) electrons. The number of thioether (sulfide) groups is 1. The minimum Gasteiger partial charge on any atom is -0.497 e. The van der Waals surface area contributed by atoms with Gasteiger partial charge in [-0.05, 0) is 42.0 Å². The van der Waals surface area contributed by atoms with Gasteiger partial charge in [-0.25, -0.2) is 0 Å². The van der Waals surface area contributed by atoms with Crippen LogP contribution in [0.4, 0.5) is 0 Å². The van der Waals surface area contributed by atoms with Crippen molar-refractivity contribution in [1.29, 1.82) is 0 Å². The van der Waals surface area contributed by atoms with Gasteiger partial charge in [0.1, 0.15) is 5.75 Å². The van der Waals surface area contributed by atoms with Gasteiger partial charge in [-0.2, -0.15) is 4.98 Å². The van der Waals surface area contributed by atoms with E-state index in [0.717, 1.165) is 27.6 Å². The number of halogens is 1. The van der Waals surface area contributed by atoms with Crippen LogP contribution in [0.15, 0.2) is 88.5 Å². The van der Waals surface area contributed by atoms with Crippen LogP contribution < -0.4 is 4.74 Å². The zero-order valence-corrected chi connectivity index (χ0v) is 19.8. The molecule has 0 aliphatic rings. The van der Waals surface area contributed by atoms with Crippen molar-refractivity contribution in [2.45, 2.75) is 17.5 Å². The normalized spacial score (nSPS) is 11.0. The van der Waals surface area contributed by atoms with E-state index in [1.165, 1.54) is 11.8 Å². The van der Waals surface area contributed by atoms with E-state index in [2.05, 4.69) is 37.0 Å². The van der Waals surface area contributed by atoms with Gasteiger partial charge >= 0.3 is 0 Å². The summed E-state index contributed by atoms with van der Waals surface area (Å²) in [5, 5.41) is 14.4. The summed E-state index contributed by atoms with van der Waals surface area (Å²) in [4.78, 5) is 4.53. The van der Waals surface area contributed by atoms with E-state index in [9.17, 15) is 0 Å². The molecule has 0 N–H and O–H groups in total. The Balaban J connectivity index is 1.39. The number of ether oxygens (including phenoxy) is 1. The van der Waals surface area contributed by atoms with E-state index in [-0.39, 0.29) is 0 Å². The molecule has 170 valence electrons. The number of hydrogen-bond acceptors (Lipinski definition) is 7. The minimum absolute atomic E-state index is 0.457. The Labute approximate surface area is 205 Å². The molecule has 0 saturated carbocycles. The van der Waals surface area contributed by atoms with Crippen LogP contribution in [0.5, 0.6) is 5.75 Å². The molecule has 9 heteroatoms. The van der Waals surface area contributed by atoms with Crippen molar-refractivity contribution in [1.82, 2.24) is 24.9 Å². The van der Waals surface area contributed by atoms with Crippen molar-refractivity contribution in [2.24, 2.45) is 0 Å². The van der Waals surface area contributed by atoms with Gasteiger partial charge in [0.2, 0.25) is 11.7 Å². The van der Waals surface area contributed by atoms with E-state index in [4.69, 9.17) is 20.9 Å². The Kier molecular flexibility index (Phi) is 6.60. The van der Waals surface area contributed by atoms with Gasteiger partial charge in [0, 0.05) is 11.1 Å². The van der Waals surface area contributed by atoms with Crippen LogP contribution in [0, 0.1) is 0 Å². The van der Waals surface area contributed by atoms with Gasteiger partial charge in [-0.3, -0.25) is 4.57 Å². The Bertz CT molecular complexity index is 1390. The third kappa shape index (κ3) is 4.83. The zero-order valence-electron chi connectivity index (χ0n) is 18.3. The lowest BCUT2D eigenvalue weighted by molar-refractivity contribution is 0.391. The van der Waals surface area contributed by atoms with Crippen LogP contribution in [0.3, 0.4) is 0 Å². The molecule has 0 amide bonds. The summed E-state index contributed by atoms with van der Waals surface area (Å²) in [6.07, 6.45) is 0. The maximum Gasteiger partial charge on any atom is 0.237 e. The smallest absolute Gasteiger partial charge is 0.237 e. The van der Waals surface area contributed by atoms with Gasteiger partial charge in [0.05, 0.1) is 24.4 Å². The summed E-state index contributed by atoms with van der Waals surface area (Å²) in [5.41, 5.74) is 2.82. The molecule has 0 unspecified atom stereocenters. The fraction of sp³-hybridized carbons (Fsp3) is 0.120. The van der Waals surface area contributed by atoms with E-state index in [1.807, 2.05) is 66.7 Å². The third-order valence-corrected chi connectivity index (χ3v) is 6.44. The average Bonchev–Trinajstić information content (AvgIpc) is 3.51. The highest BCUT2D eigenvalue weighted by molar-refractivity contribution is 7.98. The Morgan fingerprint density at radius 2 is 1.71 bits per heavy atom. The van der Waals surface area contributed by atoms with Crippen LogP contribution >= 0.6 is 23.4 Å². The molecule has 0 bridgehead atoms. The zero-order chi connectivity index (χ0) is 23.3. The topological polar surface area (TPSA) is 78.9 Å². The van der Waals surface area contributed by atoms with Crippen molar-refractivity contribution < 1.29 is 9.26 Å². The lowest BCUT2D eigenvalue weighted by Gasteiger charge is -2.11. The molecule has 34 heavy (non-hydrogen) atoms. The van der Waals surface area contributed by atoms with Crippen molar-refractivity contribution in [3.63, 3.8) is 0 Å². The summed E-state index contributed by atoms with van der Waals surface area (Å²) in [7, 11) is 1.63. The number of nitrogens with zero attached hydrogens (tertiary/aromatic N) is 5. The second-order valence-corrected chi connectivity index (χ2v) is 8.74. The second-order valence-electron chi connectivity index (χ2n) is 7.39. The first-order valence-corrected chi connectivity index (χ1v) is 11.9. The van der Waals surface area contributed by atoms with Gasteiger partial charge in [0.25, 0.3) is 0 Å². The first-order chi connectivity index (χ1) is 16.7. The molecule has 0 fully saturated rings. The maximum absolute atomic E-state index is 6.47. The maximum atomic E-state index is 6.47. The second kappa shape index (κ2) is 10.1. The predicted octanol–water partition coefficient (Wildman–Crippen LogP) is 6.00. The van der Waals surface area contributed by atoms with Crippen LogP contribution in [0.1, 0.15) is 11.5 Å². The summed E-state index contributed by atoms with van der Waals surface area (Å²) in [6, 6.07) is 25.3. The molecule has 2 aromatic heterocycles. The highest BCUT2D eigenvalue weighted by atomic mass is 35.5. The first-order valence-electron chi connectivity index (χ1n) is 10.5. The molecule has 5 aromatic rings. The van der Waals surface area contributed by atoms with Crippen molar-refractivity contribution in [3.05, 3.63) is 95.3 Å². The molecule has 0 aliphatic heterocycles. The number of rotatable bonds is 8. The predicted molar refractivity (Wildman–Crippen MR) is 132 cm³/mol. The molecule has 0 saturated heterocycles. The highest BCUT2D eigenvalue weighted by Crippen LogP contribution is 2.31. The van der Waals surface area contributed by atoms with E-state index >= 15 is 0 Å². The highest BCUT2D eigenvalue weighted by Gasteiger charge is 2.18.